The molecule has 1 heterocycles. The van der Waals surface area contributed by atoms with Crippen molar-refractivity contribution < 1.29 is 9.72 Å². The fourth-order valence-electron chi connectivity index (χ4n) is 2.68. The number of rotatable bonds is 3. The van der Waals surface area contributed by atoms with E-state index in [2.05, 4.69) is 10.3 Å². The van der Waals surface area contributed by atoms with Crippen LogP contribution in [0.5, 0.6) is 0 Å². The van der Waals surface area contributed by atoms with E-state index in [1.54, 1.807) is 0 Å². The zero-order chi connectivity index (χ0) is 18.3. The third kappa shape index (κ3) is 2.87. The van der Waals surface area contributed by atoms with Gasteiger partial charge in [0.2, 0.25) is 0 Å². The Kier molecular flexibility index (Phi) is 4.02. The van der Waals surface area contributed by atoms with Crippen LogP contribution in [0.2, 0.25) is 5.02 Å². The van der Waals surface area contributed by atoms with Gasteiger partial charge < -0.3 is 0 Å². The molecule has 1 amide bonds. The van der Waals surface area contributed by atoms with Crippen LogP contribution < -0.4 is 5.32 Å². The molecule has 128 valence electrons. The molecule has 26 heavy (non-hydrogen) atoms. The van der Waals surface area contributed by atoms with Crippen LogP contribution in [0.1, 0.15) is 10.4 Å². The number of anilines is 1. The van der Waals surface area contributed by atoms with Crippen molar-refractivity contribution in [3.63, 3.8) is 0 Å². The van der Waals surface area contributed by atoms with Gasteiger partial charge in [0.25, 0.3) is 11.6 Å². The van der Waals surface area contributed by atoms with Crippen LogP contribution in [0, 0.1) is 10.1 Å². The van der Waals surface area contributed by atoms with Gasteiger partial charge in [0, 0.05) is 17.5 Å². The molecule has 0 fully saturated rings. The van der Waals surface area contributed by atoms with Gasteiger partial charge in [-0.2, -0.15) is 0 Å². The Balaban J connectivity index is 1.68. The largest absolute Gasteiger partial charge is 0.298 e. The predicted molar refractivity (Wildman–Crippen MR) is 103 cm³/mol. The van der Waals surface area contributed by atoms with Gasteiger partial charge in [-0.05, 0) is 17.5 Å². The number of nitrogens with zero attached hydrogens (tertiary/aromatic N) is 2. The van der Waals surface area contributed by atoms with Gasteiger partial charge >= 0.3 is 0 Å². The number of thiazole rings is 1. The molecule has 0 saturated carbocycles. The number of carbonyl (C=O) groups is 1. The highest BCUT2D eigenvalue weighted by molar-refractivity contribution is 7.22. The van der Waals surface area contributed by atoms with E-state index in [0.29, 0.717) is 5.13 Å². The molecule has 4 aromatic rings. The number of aromatic nitrogens is 1. The first kappa shape index (κ1) is 16.4. The highest BCUT2D eigenvalue weighted by atomic mass is 35.5. The summed E-state index contributed by atoms with van der Waals surface area (Å²) >= 11 is 7.36. The number of halogens is 1. The summed E-state index contributed by atoms with van der Waals surface area (Å²) in [5.41, 5.74) is 0.803. The maximum atomic E-state index is 12.5. The molecule has 4 rings (SSSR count). The highest BCUT2D eigenvalue weighted by Gasteiger charge is 2.17. The number of carbonyl (C=O) groups excluding carboxylic acids is 1. The molecule has 1 aromatic heterocycles. The lowest BCUT2D eigenvalue weighted by Crippen LogP contribution is -2.12. The van der Waals surface area contributed by atoms with Crippen LogP contribution in [0.3, 0.4) is 0 Å². The quantitative estimate of drug-likeness (QED) is 0.386. The lowest BCUT2D eigenvalue weighted by molar-refractivity contribution is -0.384. The number of nitrogens with one attached hydrogen (secondary N) is 1. The second-order valence-corrected chi connectivity index (χ2v) is 6.97. The maximum Gasteiger partial charge on any atom is 0.270 e. The van der Waals surface area contributed by atoms with E-state index in [1.165, 1.54) is 23.5 Å². The monoisotopic (exact) mass is 383 g/mol. The van der Waals surface area contributed by atoms with Crippen LogP contribution in [-0.2, 0) is 0 Å². The zero-order valence-electron chi connectivity index (χ0n) is 13.1. The maximum absolute atomic E-state index is 12.5. The van der Waals surface area contributed by atoms with E-state index in [1.807, 2.05) is 36.4 Å². The Labute approximate surface area is 156 Å². The average Bonchev–Trinajstić information content (AvgIpc) is 3.04. The second kappa shape index (κ2) is 6.36. The summed E-state index contributed by atoms with van der Waals surface area (Å²) in [6, 6.07) is 15.6. The van der Waals surface area contributed by atoms with Crippen molar-refractivity contribution in [1.29, 1.82) is 0 Å². The van der Waals surface area contributed by atoms with Crippen molar-refractivity contribution in [3.05, 3.63) is 75.3 Å². The Bertz CT molecular complexity index is 1190. The molecule has 0 atom stereocenters. The number of non-ortho nitro benzene ring substituents is 1. The number of amides is 1. The molecule has 0 radical (unpaired) electrons. The minimum absolute atomic E-state index is 0.0169. The van der Waals surface area contributed by atoms with Gasteiger partial charge in [-0.15, -0.1) is 0 Å². The van der Waals surface area contributed by atoms with E-state index < -0.39 is 10.8 Å². The molecule has 0 saturated heterocycles. The molecule has 3 aromatic carbocycles. The Hall–Kier alpha value is -3.03. The van der Waals surface area contributed by atoms with Crippen molar-refractivity contribution >= 4 is 60.7 Å². The summed E-state index contributed by atoms with van der Waals surface area (Å²) in [5.74, 6) is -0.465. The summed E-state index contributed by atoms with van der Waals surface area (Å²) in [6.07, 6.45) is 0. The molecule has 6 nitrogen and oxygen atoms in total. The second-order valence-electron chi connectivity index (χ2n) is 5.53. The Morgan fingerprint density at radius 3 is 2.73 bits per heavy atom. The average molecular weight is 384 g/mol. The molecule has 0 aliphatic carbocycles. The molecular formula is C18H10ClN3O3S. The van der Waals surface area contributed by atoms with Gasteiger partial charge in [-0.25, -0.2) is 4.98 Å². The van der Waals surface area contributed by atoms with Crippen molar-refractivity contribution in [2.75, 3.05) is 5.32 Å². The first-order chi connectivity index (χ1) is 12.5. The molecule has 0 unspecified atom stereocenters. The van der Waals surface area contributed by atoms with E-state index in [0.717, 1.165) is 27.1 Å². The van der Waals surface area contributed by atoms with Crippen LogP contribution in [0.15, 0.2) is 54.6 Å². The number of fused-ring (bicyclic) bond motifs is 3. The van der Waals surface area contributed by atoms with Gasteiger partial charge in [0.05, 0.1) is 25.7 Å². The SMILES string of the molecule is O=C(Nc1nc2c(ccc3ccccc32)s1)c1ccc([N+](=O)[O-])cc1Cl. The summed E-state index contributed by atoms with van der Waals surface area (Å²) in [7, 11) is 0. The van der Waals surface area contributed by atoms with E-state index in [-0.39, 0.29) is 16.3 Å². The molecule has 0 bridgehead atoms. The van der Waals surface area contributed by atoms with Crippen LogP contribution in [0.4, 0.5) is 10.8 Å². The Morgan fingerprint density at radius 2 is 1.96 bits per heavy atom. The number of nitro benzene ring substituents is 1. The van der Waals surface area contributed by atoms with Crippen LogP contribution in [0.25, 0.3) is 21.0 Å². The lowest BCUT2D eigenvalue weighted by atomic mass is 10.1. The van der Waals surface area contributed by atoms with Crippen molar-refractivity contribution in [1.82, 2.24) is 4.98 Å². The van der Waals surface area contributed by atoms with Gasteiger partial charge in [-0.1, -0.05) is 53.3 Å². The fourth-order valence-corrected chi connectivity index (χ4v) is 3.82. The first-order valence-electron chi connectivity index (χ1n) is 7.56. The van der Waals surface area contributed by atoms with E-state index >= 15 is 0 Å². The first-order valence-corrected chi connectivity index (χ1v) is 8.76. The van der Waals surface area contributed by atoms with Crippen LogP contribution >= 0.6 is 22.9 Å². The Morgan fingerprint density at radius 1 is 1.15 bits per heavy atom. The normalized spacial score (nSPS) is 11.0. The summed E-state index contributed by atoms with van der Waals surface area (Å²) < 4.78 is 0.953. The third-order valence-corrected chi connectivity index (χ3v) is 5.16. The molecule has 0 aliphatic heterocycles. The highest BCUT2D eigenvalue weighted by Crippen LogP contribution is 2.32. The minimum Gasteiger partial charge on any atom is -0.298 e. The standard InChI is InChI=1S/C18H10ClN3O3S/c19-14-9-11(22(24)25)6-7-13(14)17(23)21-18-20-16-12-4-2-1-3-10(12)5-8-15(16)26-18/h1-9H,(H,20,21,23). The number of hydrogen-bond acceptors (Lipinski definition) is 5. The van der Waals surface area contributed by atoms with Gasteiger partial charge in [-0.3, -0.25) is 20.2 Å². The fraction of sp³-hybridized carbons (Fsp3) is 0. The number of nitro groups is 1. The third-order valence-electron chi connectivity index (χ3n) is 3.91. The van der Waals surface area contributed by atoms with Gasteiger partial charge in [0.15, 0.2) is 5.13 Å². The zero-order valence-corrected chi connectivity index (χ0v) is 14.7. The number of hydrogen-bond donors (Lipinski definition) is 1. The number of benzene rings is 3. The summed E-state index contributed by atoms with van der Waals surface area (Å²) in [6.45, 7) is 0. The molecular weight excluding hydrogens is 374 g/mol. The predicted octanol–water partition coefficient (Wildman–Crippen LogP) is 5.26. The van der Waals surface area contributed by atoms with E-state index in [4.69, 9.17) is 11.6 Å². The van der Waals surface area contributed by atoms with Crippen molar-refractivity contribution in [2.45, 2.75) is 0 Å². The van der Waals surface area contributed by atoms with Gasteiger partial charge in [0.1, 0.15) is 0 Å². The lowest BCUT2D eigenvalue weighted by Gasteiger charge is -2.03. The summed E-state index contributed by atoms with van der Waals surface area (Å²) in [5, 5.41) is 16.0. The van der Waals surface area contributed by atoms with Crippen molar-refractivity contribution in [3.8, 4) is 0 Å². The molecule has 0 spiro atoms. The summed E-state index contributed by atoms with van der Waals surface area (Å²) in [4.78, 5) is 27.2. The molecule has 1 N–H and O–H groups in total. The topological polar surface area (TPSA) is 85.1 Å². The minimum atomic E-state index is -0.563. The van der Waals surface area contributed by atoms with Crippen LogP contribution in [-0.4, -0.2) is 15.8 Å². The molecule has 8 heteroatoms. The smallest absolute Gasteiger partial charge is 0.270 e. The van der Waals surface area contributed by atoms with E-state index in [9.17, 15) is 14.9 Å². The molecule has 0 aliphatic rings. The van der Waals surface area contributed by atoms with Crippen molar-refractivity contribution in [2.24, 2.45) is 0 Å².